The van der Waals surface area contributed by atoms with Crippen molar-refractivity contribution in [3.63, 3.8) is 0 Å². The van der Waals surface area contributed by atoms with Gasteiger partial charge in [0.25, 0.3) is 0 Å². The topological polar surface area (TPSA) is 66.2 Å². The van der Waals surface area contributed by atoms with Crippen LogP contribution in [0.5, 0.6) is 0 Å². The molecule has 1 saturated carbocycles. The first-order valence-corrected chi connectivity index (χ1v) is 6.81. The summed E-state index contributed by atoms with van der Waals surface area (Å²) in [4.78, 5) is 2.05. The second kappa shape index (κ2) is 5.50. The minimum atomic E-state index is 0.425. The molecule has 0 unspecified atom stereocenters. The second-order valence-electron chi connectivity index (χ2n) is 5.23. The van der Waals surface area contributed by atoms with Crippen molar-refractivity contribution in [3.8, 4) is 0 Å². The lowest BCUT2D eigenvalue weighted by atomic mass is 10.2. The summed E-state index contributed by atoms with van der Waals surface area (Å²) in [5, 5.41) is 14.5. The zero-order chi connectivity index (χ0) is 13.9. The molecular weight excluding hydrogens is 254 g/mol. The van der Waals surface area contributed by atoms with E-state index < -0.39 is 0 Å². The van der Waals surface area contributed by atoms with Gasteiger partial charge in [-0.3, -0.25) is 0 Å². The predicted molar refractivity (Wildman–Crippen MR) is 78.2 cm³/mol. The van der Waals surface area contributed by atoms with Crippen LogP contribution in [0.25, 0.3) is 0 Å². The number of rotatable bonds is 6. The Balaban J connectivity index is 1.63. The van der Waals surface area contributed by atoms with E-state index in [0.29, 0.717) is 24.5 Å². The van der Waals surface area contributed by atoms with Crippen LogP contribution in [0.3, 0.4) is 0 Å². The van der Waals surface area contributed by atoms with E-state index in [1.165, 1.54) is 12.8 Å². The van der Waals surface area contributed by atoms with Crippen molar-refractivity contribution >= 4 is 17.4 Å². The Labute approximate surface area is 118 Å². The zero-order valence-corrected chi connectivity index (χ0v) is 11.8. The average molecular weight is 273 g/mol. The molecule has 1 aliphatic carbocycles. The summed E-state index contributed by atoms with van der Waals surface area (Å²) in [6.07, 6.45) is 2.49. The van der Waals surface area contributed by atoms with E-state index in [9.17, 15) is 0 Å². The summed E-state index contributed by atoms with van der Waals surface area (Å²) in [7, 11) is 4.01. The van der Waals surface area contributed by atoms with Gasteiger partial charge in [0.15, 0.2) is 0 Å². The van der Waals surface area contributed by atoms with Gasteiger partial charge in [-0.05, 0) is 31.0 Å². The van der Waals surface area contributed by atoms with Gasteiger partial charge in [0, 0.05) is 31.5 Å². The van der Waals surface area contributed by atoms with Crippen LogP contribution in [0.2, 0.25) is 0 Å². The van der Waals surface area contributed by atoms with Crippen LogP contribution in [-0.4, -0.2) is 30.3 Å². The summed E-state index contributed by atoms with van der Waals surface area (Å²) in [6.45, 7) is 0.636. The summed E-state index contributed by atoms with van der Waals surface area (Å²) in [5.74, 6) is 0.614. The van der Waals surface area contributed by atoms with Gasteiger partial charge in [-0.25, -0.2) is 0 Å². The molecule has 1 heterocycles. The quantitative estimate of drug-likeness (QED) is 0.840. The van der Waals surface area contributed by atoms with Gasteiger partial charge in [-0.1, -0.05) is 11.2 Å². The van der Waals surface area contributed by atoms with Crippen LogP contribution in [-0.2, 0) is 6.54 Å². The summed E-state index contributed by atoms with van der Waals surface area (Å²) in [5.41, 5.74) is 2.05. The smallest absolute Gasteiger partial charge is 0.320 e. The van der Waals surface area contributed by atoms with E-state index in [0.717, 1.165) is 11.4 Å². The van der Waals surface area contributed by atoms with Crippen molar-refractivity contribution < 1.29 is 4.42 Å². The molecule has 106 valence electrons. The van der Waals surface area contributed by atoms with Gasteiger partial charge in [0.2, 0.25) is 5.89 Å². The SMILES string of the molecule is CN(C)c1cccc(Nc2nnc(CNC3CC3)o2)c1. The fourth-order valence-corrected chi connectivity index (χ4v) is 1.88. The summed E-state index contributed by atoms with van der Waals surface area (Å²) >= 11 is 0. The molecule has 6 nitrogen and oxygen atoms in total. The molecule has 1 aliphatic rings. The van der Waals surface area contributed by atoms with Gasteiger partial charge in [-0.15, -0.1) is 5.10 Å². The molecule has 0 aliphatic heterocycles. The fraction of sp³-hybridized carbons (Fsp3) is 0.429. The van der Waals surface area contributed by atoms with Gasteiger partial charge >= 0.3 is 6.01 Å². The normalized spacial score (nSPS) is 14.3. The highest BCUT2D eigenvalue weighted by atomic mass is 16.4. The van der Waals surface area contributed by atoms with Crippen molar-refractivity contribution in [1.29, 1.82) is 0 Å². The van der Waals surface area contributed by atoms with Gasteiger partial charge in [-0.2, -0.15) is 0 Å². The first-order chi connectivity index (χ1) is 9.70. The first-order valence-electron chi connectivity index (χ1n) is 6.81. The zero-order valence-electron chi connectivity index (χ0n) is 11.8. The number of nitrogens with zero attached hydrogens (tertiary/aromatic N) is 3. The van der Waals surface area contributed by atoms with Crippen LogP contribution in [0.4, 0.5) is 17.4 Å². The maximum atomic E-state index is 5.56. The van der Waals surface area contributed by atoms with Crippen LogP contribution in [0.15, 0.2) is 28.7 Å². The van der Waals surface area contributed by atoms with E-state index >= 15 is 0 Å². The molecule has 6 heteroatoms. The minimum Gasteiger partial charge on any atom is -0.406 e. The highest BCUT2D eigenvalue weighted by Crippen LogP contribution is 2.22. The minimum absolute atomic E-state index is 0.425. The average Bonchev–Trinajstić information content (AvgIpc) is 3.17. The number of aromatic nitrogens is 2. The molecule has 2 N–H and O–H groups in total. The predicted octanol–water partition coefficient (Wildman–Crippen LogP) is 2.13. The van der Waals surface area contributed by atoms with Crippen molar-refractivity contribution in [2.45, 2.75) is 25.4 Å². The lowest BCUT2D eigenvalue weighted by molar-refractivity contribution is 0.478. The van der Waals surface area contributed by atoms with Crippen LogP contribution >= 0.6 is 0 Å². The molecule has 2 aromatic rings. The molecule has 1 fully saturated rings. The van der Waals surface area contributed by atoms with Crippen molar-refractivity contribution in [1.82, 2.24) is 15.5 Å². The van der Waals surface area contributed by atoms with Gasteiger partial charge in [0.05, 0.1) is 6.54 Å². The molecule has 0 saturated heterocycles. The third-order valence-corrected chi connectivity index (χ3v) is 3.20. The molecule has 1 aromatic carbocycles. The maximum absolute atomic E-state index is 5.56. The number of hydrogen-bond donors (Lipinski definition) is 2. The number of anilines is 3. The van der Waals surface area contributed by atoms with E-state index in [-0.39, 0.29) is 0 Å². The standard InChI is InChI=1S/C14H19N5O/c1-19(2)12-5-3-4-11(8-12)16-14-18-17-13(20-14)9-15-10-6-7-10/h3-5,8,10,15H,6-7,9H2,1-2H3,(H,16,18). The highest BCUT2D eigenvalue weighted by Gasteiger charge is 2.21. The van der Waals surface area contributed by atoms with Crippen molar-refractivity contribution in [2.75, 3.05) is 24.3 Å². The van der Waals surface area contributed by atoms with E-state index in [1.807, 2.05) is 43.3 Å². The molecule has 0 bridgehead atoms. The molecule has 0 radical (unpaired) electrons. The molecule has 0 spiro atoms. The maximum Gasteiger partial charge on any atom is 0.320 e. The Bertz CT molecular complexity index is 576. The lowest BCUT2D eigenvalue weighted by Gasteiger charge is -2.13. The molecule has 0 amide bonds. The molecule has 0 atom stereocenters. The van der Waals surface area contributed by atoms with E-state index in [4.69, 9.17) is 4.42 Å². The number of nitrogens with one attached hydrogen (secondary N) is 2. The van der Waals surface area contributed by atoms with E-state index in [1.54, 1.807) is 0 Å². The van der Waals surface area contributed by atoms with Gasteiger partial charge < -0.3 is 20.0 Å². The Morgan fingerprint density at radius 1 is 1.30 bits per heavy atom. The van der Waals surface area contributed by atoms with Crippen molar-refractivity contribution in [3.05, 3.63) is 30.2 Å². The largest absolute Gasteiger partial charge is 0.406 e. The molecular formula is C14H19N5O. The first kappa shape index (κ1) is 12.9. The molecule has 20 heavy (non-hydrogen) atoms. The summed E-state index contributed by atoms with van der Waals surface area (Å²) in [6, 6.07) is 9.10. The fourth-order valence-electron chi connectivity index (χ4n) is 1.88. The molecule has 3 rings (SSSR count). The Morgan fingerprint density at radius 2 is 2.15 bits per heavy atom. The third kappa shape index (κ3) is 3.27. The van der Waals surface area contributed by atoms with E-state index in [2.05, 4.69) is 20.8 Å². The van der Waals surface area contributed by atoms with Crippen LogP contribution in [0.1, 0.15) is 18.7 Å². The second-order valence-corrected chi connectivity index (χ2v) is 5.23. The third-order valence-electron chi connectivity index (χ3n) is 3.20. The molecule has 1 aromatic heterocycles. The Hall–Kier alpha value is -2.08. The van der Waals surface area contributed by atoms with Crippen LogP contribution in [0, 0.1) is 0 Å². The number of benzene rings is 1. The lowest BCUT2D eigenvalue weighted by Crippen LogP contribution is -2.15. The van der Waals surface area contributed by atoms with Crippen LogP contribution < -0.4 is 15.5 Å². The summed E-state index contributed by atoms with van der Waals surface area (Å²) < 4.78 is 5.56. The monoisotopic (exact) mass is 273 g/mol. The highest BCUT2D eigenvalue weighted by molar-refractivity contribution is 5.60. The van der Waals surface area contributed by atoms with Gasteiger partial charge in [0.1, 0.15) is 0 Å². The Kier molecular flexibility index (Phi) is 3.56. The Morgan fingerprint density at radius 3 is 2.90 bits per heavy atom. The number of hydrogen-bond acceptors (Lipinski definition) is 6. The van der Waals surface area contributed by atoms with Crippen molar-refractivity contribution in [2.24, 2.45) is 0 Å².